The van der Waals surface area contributed by atoms with E-state index in [2.05, 4.69) is 37.3 Å². The maximum Gasteiger partial charge on any atom is 0.248 e. The molecule has 2 aromatic rings. The topological polar surface area (TPSA) is 73.4 Å². The second-order valence-corrected chi connectivity index (χ2v) is 6.10. The van der Waals surface area contributed by atoms with Crippen molar-refractivity contribution >= 4 is 11.7 Å². The van der Waals surface area contributed by atoms with Crippen LogP contribution in [0.5, 0.6) is 0 Å². The number of rotatable bonds is 2. The van der Waals surface area contributed by atoms with Gasteiger partial charge < -0.3 is 15.2 Å². The van der Waals surface area contributed by atoms with Crippen molar-refractivity contribution in [3.05, 3.63) is 77.5 Å². The van der Waals surface area contributed by atoms with Gasteiger partial charge in [-0.1, -0.05) is 24.3 Å². The third-order valence-corrected chi connectivity index (χ3v) is 4.60. The van der Waals surface area contributed by atoms with Gasteiger partial charge in [0.25, 0.3) is 0 Å². The predicted octanol–water partition coefficient (Wildman–Crippen LogP) is 2.32. The summed E-state index contributed by atoms with van der Waals surface area (Å²) in [6.07, 6.45) is 9.59. The highest BCUT2D eigenvalue weighted by Crippen LogP contribution is 2.34. The lowest BCUT2D eigenvalue weighted by Gasteiger charge is -2.27. The molecule has 0 aliphatic carbocycles. The van der Waals surface area contributed by atoms with Gasteiger partial charge in [0.15, 0.2) is 0 Å². The minimum Gasteiger partial charge on any atom is -0.345 e. The van der Waals surface area contributed by atoms with E-state index in [0.29, 0.717) is 0 Å². The highest BCUT2D eigenvalue weighted by atomic mass is 16.1. The fraction of sp³-hybridized carbons (Fsp3) is 0.105. The molecule has 1 amide bonds. The molecule has 0 spiro atoms. The van der Waals surface area contributed by atoms with Gasteiger partial charge in [-0.05, 0) is 6.08 Å². The standard InChI is InChI=1S/C19H15N5O/c25-16-6-5-14-11-22-19(24-10-7-15(23-16)17(14)24)13-3-1-12(2-4-13)18-20-8-9-21-18/h1-6,8-9,11H,7,10H2,(H,20,21)(H,23,25). The van der Waals surface area contributed by atoms with Crippen LogP contribution in [0.15, 0.2) is 77.0 Å². The normalized spacial score (nSPS) is 18.6. The van der Waals surface area contributed by atoms with Gasteiger partial charge in [0.2, 0.25) is 5.91 Å². The molecule has 0 saturated heterocycles. The van der Waals surface area contributed by atoms with Gasteiger partial charge in [-0.15, -0.1) is 0 Å². The Labute approximate surface area is 144 Å². The summed E-state index contributed by atoms with van der Waals surface area (Å²) < 4.78 is 0. The summed E-state index contributed by atoms with van der Waals surface area (Å²) >= 11 is 0. The van der Waals surface area contributed by atoms with Gasteiger partial charge in [-0.2, -0.15) is 0 Å². The van der Waals surface area contributed by atoms with E-state index in [0.717, 1.165) is 52.7 Å². The lowest BCUT2D eigenvalue weighted by atomic mass is 10.1. The molecule has 4 heterocycles. The van der Waals surface area contributed by atoms with Crippen molar-refractivity contribution in [2.75, 3.05) is 6.54 Å². The molecule has 122 valence electrons. The summed E-state index contributed by atoms with van der Waals surface area (Å²) in [6, 6.07) is 8.19. The Hall–Kier alpha value is -3.41. The van der Waals surface area contributed by atoms with Crippen LogP contribution in [0.2, 0.25) is 0 Å². The summed E-state index contributed by atoms with van der Waals surface area (Å²) in [7, 11) is 0. The lowest BCUT2D eigenvalue weighted by molar-refractivity contribution is -0.115. The number of aromatic nitrogens is 2. The molecule has 2 N–H and O–H groups in total. The predicted molar refractivity (Wildman–Crippen MR) is 94.3 cm³/mol. The number of imidazole rings is 1. The van der Waals surface area contributed by atoms with E-state index in [-0.39, 0.29) is 5.91 Å². The number of aliphatic imine (C=N–C) groups is 1. The van der Waals surface area contributed by atoms with Gasteiger partial charge >= 0.3 is 0 Å². The smallest absolute Gasteiger partial charge is 0.248 e. The number of hydrogen-bond acceptors (Lipinski definition) is 4. The van der Waals surface area contributed by atoms with E-state index in [9.17, 15) is 4.79 Å². The van der Waals surface area contributed by atoms with Crippen LogP contribution in [-0.4, -0.2) is 33.2 Å². The summed E-state index contributed by atoms with van der Waals surface area (Å²) in [5.41, 5.74) is 5.08. The summed E-state index contributed by atoms with van der Waals surface area (Å²) in [4.78, 5) is 26.0. The minimum absolute atomic E-state index is 0.0796. The van der Waals surface area contributed by atoms with Gasteiger partial charge in [-0.25, -0.2) is 9.98 Å². The Balaban J connectivity index is 1.54. The fourth-order valence-corrected chi connectivity index (χ4v) is 3.45. The Bertz CT molecular complexity index is 977. The molecule has 5 rings (SSSR count). The van der Waals surface area contributed by atoms with Crippen molar-refractivity contribution < 1.29 is 4.79 Å². The summed E-state index contributed by atoms with van der Waals surface area (Å²) in [5.74, 6) is 1.68. The largest absolute Gasteiger partial charge is 0.345 e. The molecule has 0 unspecified atom stereocenters. The third kappa shape index (κ3) is 2.22. The van der Waals surface area contributed by atoms with Crippen LogP contribution in [-0.2, 0) is 4.79 Å². The molecule has 0 fully saturated rings. The Kier molecular flexibility index (Phi) is 2.97. The highest BCUT2D eigenvalue weighted by molar-refractivity contribution is 6.03. The molecule has 1 aromatic carbocycles. The zero-order chi connectivity index (χ0) is 16.8. The first-order valence-corrected chi connectivity index (χ1v) is 8.18. The first-order valence-electron chi connectivity index (χ1n) is 8.18. The van der Waals surface area contributed by atoms with E-state index >= 15 is 0 Å². The average molecular weight is 329 g/mol. The second kappa shape index (κ2) is 5.31. The van der Waals surface area contributed by atoms with E-state index in [4.69, 9.17) is 0 Å². The molecule has 0 atom stereocenters. The molecule has 0 radical (unpaired) electrons. The zero-order valence-electron chi connectivity index (χ0n) is 13.4. The number of hydrogen-bond donors (Lipinski definition) is 2. The first-order chi connectivity index (χ1) is 12.3. The number of H-pyrrole nitrogens is 1. The number of allylic oxidation sites excluding steroid dienone is 1. The molecule has 3 aliphatic heterocycles. The molecule has 6 nitrogen and oxygen atoms in total. The number of amidine groups is 1. The van der Waals surface area contributed by atoms with Crippen LogP contribution < -0.4 is 5.32 Å². The van der Waals surface area contributed by atoms with Crippen LogP contribution in [0, 0.1) is 0 Å². The quantitative estimate of drug-likeness (QED) is 0.888. The number of amides is 1. The van der Waals surface area contributed by atoms with Gasteiger partial charge in [0, 0.05) is 60.0 Å². The van der Waals surface area contributed by atoms with Crippen LogP contribution in [0.1, 0.15) is 12.0 Å². The highest BCUT2D eigenvalue weighted by Gasteiger charge is 2.32. The Morgan fingerprint density at radius 2 is 1.92 bits per heavy atom. The SMILES string of the molecule is O=C1C=CC2=CN=C(c3ccc(-c4ncc[nH]4)cc3)N3CCC(=C23)N1. The summed E-state index contributed by atoms with van der Waals surface area (Å²) in [5, 5.41) is 2.97. The Morgan fingerprint density at radius 1 is 1.08 bits per heavy atom. The maximum absolute atomic E-state index is 11.8. The van der Waals surface area contributed by atoms with E-state index in [1.165, 1.54) is 0 Å². The fourth-order valence-electron chi connectivity index (χ4n) is 3.45. The molecule has 1 aromatic heterocycles. The number of aromatic amines is 1. The Morgan fingerprint density at radius 3 is 2.72 bits per heavy atom. The number of nitrogens with one attached hydrogen (secondary N) is 2. The number of benzene rings is 1. The van der Waals surface area contributed by atoms with Crippen LogP contribution in [0.3, 0.4) is 0 Å². The van der Waals surface area contributed by atoms with Crippen molar-refractivity contribution in [1.29, 1.82) is 0 Å². The monoisotopic (exact) mass is 329 g/mol. The average Bonchev–Trinajstić information content (AvgIpc) is 3.28. The van der Waals surface area contributed by atoms with Crippen LogP contribution in [0.25, 0.3) is 11.4 Å². The molecular weight excluding hydrogens is 314 g/mol. The number of nitrogens with zero attached hydrogens (tertiary/aromatic N) is 3. The molecule has 3 aliphatic rings. The minimum atomic E-state index is -0.0796. The van der Waals surface area contributed by atoms with E-state index in [1.54, 1.807) is 12.3 Å². The van der Waals surface area contributed by atoms with E-state index < -0.39 is 0 Å². The third-order valence-electron chi connectivity index (χ3n) is 4.60. The lowest BCUT2D eigenvalue weighted by Crippen LogP contribution is -2.31. The zero-order valence-corrected chi connectivity index (χ0v) is 13.4. The molecular formula is C19H15N5O. The molecule has 6 heteroatoms. The van der Waals surface area contributed by atoms with Crippen LogP contribution in [0.4, 0.5) is 0 Å². The second-order valence-electron chi connectivity index (χ2n) is 6.10. The van der Waals surface area contributed by atoms with Gasteiger partial charge in [-0.3, -0.25) is 4.79 Å². The van der Waals surface area contributed by atoms with Crippen molar-refractivity contribution in [3.8, 4) is 11.4 Å². The van der Waals surface area contributed by atoms with Crippen molar-refractivity contribution in [2.45, 2.75) is 6.42 Å². The van der Waals surface area contributed by atoms with Gasteiger partial charge in [0.1, 0.15) is 11.7 Å². The molecule has 25 heavy (non-hydrogen) atoms. The molecule has 0 bridgehead atoms. The first kappa shape index (κ1) is 14.0. The number of carbonyl (C=O) groups excluding carboxylic acids is 1. The number of carbonyl (C=O) groups is 1. The van der Waals surface area contributed by atoms with Crippen molar-refractivity contribution in [2.24, 2.45) is 4.99 Å². The summed E-state index contributed by atoms with van der Waals surface area (Å²) in [6.45, 7) is 0.814. The molecule has 0 saturated carbocycles. The van der Waals surface area contributed by atoms with E-state index in [1.807, 2.05) is 30.6 Å². The van der Waals surface area contributed by atoms with Crippen molar-refractivity contribution in [3.63, 3.8) is 0 Å². The van der Waals surface area contributed by atoms with Gasteiger partial charge in [0.05, 0.1) is 5.70 Å². The van der Waals surface area contributed by atoms with Crippen LogP contribution >= 0.6 is 0 Å². The maximum atomic E-state index is 11.8. The van der Waals surface area contributed by atoms with Crippen molar-refractivity contribution in [1.82, 2.24) is 20.2 Å².